The van der Waals surface area contributed by atoms with E-state index < -0.39 is 0 Å². The van der Waals surface area contributed by atoms with E-state index in [-0.39, 0.29) is 0 Å². The van der Waals surface area contributed by atoms with Gasteiger partial charge in [0.05, 0.1) is 0 Å². The van der Waals surface area contributed by atoms with Gasteiger partial charge in [0, 0.05) is 6.42 Å². The summed E-state index contributed by atoms with van der Waals surface area (Å²) in [5.74, 6) is 0. The molecule has 0 aliphatic heterocycles. The van der Waals surface area contributed by atoms with Crippen molar-refractivity contribution in [2.45, 2.75) is 64.7 Å². The molecule has 0 atom stereocenters. The Bertz CT molecular complexity index is 134. The smallest absolute Gasteiger partial charge is 0.188 e. The van der Waals surface area contributed by atoms with Gasteiger partial charge in [-0.2, -0.15) is 0 Å². The van der Waals surface area contributed by atoms with Crippen molar-refractivity contribution in [2.75, 3.05) is 6.26 Å². The lowest BCUT2D eigenvalue weighted by molar-refractivity contribution is -0.111. The van der Waals surface area contributed by atoms with Gasteiger partial charge in [0.15, 0.2) is 5.12 Å². The molecule has 0 bridgehead atoms. The maximum atomic E-state index is 10.9. The van der Waals surface area contributed by atoms with Crippen LogP contribution in [0.1, 0.15) is 64.7 Å². The van der Waals surface area contributed by atoms with E-state index in [0.717, 1.165) is 12.8 Å². The van der Waals surface area contributed by atoms with E-state index >= 15 is 0 Å². The number of carbonyl (C=O) groups is 1. The van der Waals surface area contributed by atoms with Gasteiger partial charge in [0.1, 0.15) is 0 Å². The van der Waals surface area contributed by atoms with Gasteiger partial charge in [-0.15, -0.1) is 0 Å². The van der Waals surface area contributed by atoms with Crippen LogP contribution in [0, 0.1) is 0 Å². The lowest BCUT2D eigenvalue weighted by Crippen LogP contribution is -1.89. The lowest BCUT2D eigenvalue weighted by Gasteiger charge is -2.00. The second kappa shape index (κ2) is 11.1. The molecule has 0 unspecified atom stereocenters. The second-order valence-electron chi connectivity index (χ2n) is 3.80. The van der Waals surface area contributed by atoms with Crippen molar-refractivity contribution in [3.8, 4) is 0 Å². The van der Waals surface area contributed by atoms with Crippen LogP contribution in [0.25, 0.3) is 0 Å². The predicted octanol–water partition coefficient (Wildman–Crippen LogP) is 4.41. The van der Waals surface area contributed by atoms with Crippen molar-refractivity contribution in [1.82, 2.24) is 0 Å². The van der Waals surface area contributed by atoms with E-state index in [9.17, 15) is 4.79 Å². The Labute approximate surface area is 93.0 Å². The van der Waals surface area contributed by atoms with E-state index in [0.29, 0.717) is 5.12 Å². The molecule has 0 heterocycles. The molecule has 0 aliphatic carbocycles. The summed E-state index contributed by atoms with van der Waals surface area (Å²) < 4.78 is 0. The molecule has 0 N–H and O–H groups in total. The summed E-state index contributed by atoms with van der Waals surface area (Å²) in [6.45, 7) is 2.24. The van der Waals surface area contributed by atoms with Crippen molar-refractivity contribution in [3.05, 3.63) is 0 Å². The Hall–Kier alpha value is 0.0200. The van der Waals surface area contributed by atoms with Crippen LogP contribution >= 0.6 is 11.8 Å². The van der Waals surface area contributed by atoms with Gasteiger partial charge in [-0.25, -0.2) is 0 Å². The van der Waals surface area contributed by atoms with Crippen molar-refractivity contribution >= 4 is 16.9 Å². The number of hydrogen-bond donors (Lipinski definition) is 0. The molecular formula is C12H24OS. The van der Waals surface area contributed by atoms with Crippen LogP contribution in [0.4, 0.5) is 0 Å². The minimum atomic E-state index is 0.344. The Morgan fingerprint density at radius 2 is 1.43 bits per heavy atom. The van der Waals surface area contributed by atoms with Crippen molar-refractivity contribution < 1.29 is 4.79 Å². The molecule has 0 aromatic heterocycles. The van der Waals surface area contributed by atoms with Gasteiger partial charge >= 0.3 is 0 Å². The highest BCUT2D eigenvalue weighted by Gasteiger charge is 1.97. The summed E-state index contributed by atoms with van der Waals surface area (Å²) in [4.78, 5) is 10.9. The van der Waals surface area contributed by atoms with E-state index in [2.05, 4.69) is 6.92 Å². The van der Waals surface area contributed by atoms with Crippen LogP contribution in [0.5, 0.6) is 0 Å². The SMILES string of the molecule is CCCCCCCCCCC(=O)SC. The van der Waals surface area contributed by atoms with Crippen LogP contribution in [-0.2, 0) is 4.79 Å². The van der Waals surface area contributed by atoms with Crippen LogP contribution < -0.4 is 0 Å². The van der Waals surface area contributed by atoms with Crippen LogP contribution in [0.2, 0.25) is 0 Å². The zero-order chi connectivity index (χ0) is 10.6. The first-order valence-corrected chi connectivity index (χ1v) is 7.10. The first-order valence-electron chi connectivity index (χ1n) is 5.88. The van der Waals surface area contributed by atoms with Gasteiger partial charge < -0.3 is 0 Å². The van der Waals surface area contributed by atoms with Crippen molar-refractivity contribution in [2.24, 2.45) is 0 Å². The van der Waals surface area contributed by atoms with E-state index in [1.54, 1.807) is 0 Å². The fourth-order valence-corrected chi connectivity index (χ4v) is 1.85. The average Bonchev–Trinajstić information content (AvgIpc) is 2.21. The highest BCUT2D eigenvalue weighted by molar-refractivity contribution is 8.13. The summed E-state index contributed by atoms with van der Waals surface area (Å²) in [6.07, 6.45) is 13.1. The quantitative estimate of drug-likeness (QED) is 0.531. The van der Waals surface area contributed by atoms with Gasteiger partial charge in [-0.3, -0.25) is 4.79 Å². The van der Waals surface area contributed by atoms with Gasteiger partial charge in [-0.1, -0.05) is 63.6 Å². The number of unbranched alkanes of at least 4 members (excludes halogenated alkanes) is 7. The van der Waals surface area contributed by atoms with Gasteiger partial charge in [0.2, 0.25) is 0 Å². The van der Waals surface area contributed by atoms with E-state index in [4.69, 9.17) is 0 Å². The Morgan fingerprint density at radius 3 is 1.93 bits per heavy atom. The summed E-state index contributed by atoms with van der Waals surface area (Å²) in [6, 6.07) is 0. The monoisotopic (exact) mass is 216 g/mol. The first-order chi connectivity index (χ1) is 6.81. The normalized spacial score (nSPS) is 10.4. The molecule has 0 saturated heterocycles. The zero-order valence-electron chi connectivity index (χ0n) is 9.68. The summed E-state index contributed by atoms with van der Waals surface area (Å²) >= 11 is 1.36. The third-order valence-corrected chi connectivity index (χ3v) is 3.12. The summed E-state index contributed by atoms with van der Waals surface area (Å²) in [7, 11) is 0. The largest absolute Gasteiger partial charge is 0.287 e. The second-order valence-corrected chi connectivity index (χ2v) is 4.66. The molecule has 0 aromatic carbocycles. The van der Waals surface area contributed by atoms with Gasteiger partial charge in [0.25, 0.3) is 0 Å². The third-order valence-electron chi connectivity index (χ3n) is 2.46. The molecule has 0 aromatic rings. The zero-order valence-corrected chi connectivity index (χ0v) is 10.5. The topological polar surface area (TPSA) is 17.1 Å². The molecule has 14 heavy (non-hydrogen) atoms. The van der Waals surface area contributed by atoms with E-state index in [1.165, 1.54) is 56.7 Å². The van der Waals surface area contributed by atoms with Crippen LogP contribution in [0.3, 0.4) is 0 Å². The molecule has 0 fully saturated rings. The van der Waals surface area contributed by atoms with Crippen molar-refractivity contribution in [1.29, 1.82) is 0 Å². The Balaban J connectivity index is 2.95. The fraction of sp³-hybridized carbons (Fsp3) is 0.917. The van der Waals surface area contributed by atoms with Crippen molar-refractivity contribution in [3.63, 3.8) is 0 Å². The minimum absolute atomic E-state index is 0.344. The van der Waals surface area contributed by atoms with Crippen LogP contribution in [-0.4, -0.2) is 11.4 Å². The number of carbonyl (C=O) groups excluding carboxylic acids is 1. The first kappa shape index (κ1) is 14.0. The maximum absolute atomic E-state index is 10.9. The molecule has 0 amide bonds. The molecule has 0 saturated carbocycles. The molecule has 0 radical (unpaired) electrons. The lowest BCUT2D eigenvalue weighted by atomic mass is 10.1. The highest BCUT2D eigenvalue weighted by Crippen LogP contribution is 2.11. The maximum Gasteiger partial charge on any atom is 0.188 e. The third kappa shape index (κ3) is 10.1. The standard InChI is InChI=1S/C12H24OS/c1-3-4-5-6-7-8-9-10-11-12(13)14-2/h3-11H2,1-2H3. The number of thioether (sulfide) groups is 1. The molecule has 2 heteroatoms. The molecule has 0 rings (SSSR count). The number of hydrogen-bond acceptors (Lipinski definition) is 2. The number of rotatable bonds is 9. The fourth-order valence-electron chi connectivity index (χ4n) is 1.51. The predicted molar refractivity (Wildman–Crippen MR) is 65.7 cm³/mol. The molecular weight excluding hydrogens is 192 g/mol. The van der Waals surface area contributed by atoms with E-state index in [1.807, 2.05) is 6.26 Å². The van der Waals surface area contributed by atoms with Crippen LogP contribution in [0.15, 0.2) is 0 Å². The molecule has 84 valence electrons. The molecule has 0 spiro atoms. The minimum Gasteiger partial charge on any atom is -0.287 e. The van der Waals surface area contributed by atoms with Gasteiger partial charge in [-0.05, 0) is 12.7 Å². The summed E-state index contributed by atoms with van der Waals surface area (Å²) in [5, 5.41) is 0.344. The molecule has 0 aliphatic rings. The molecule has 1 nitrogen and oxygen atoms in total. The Morgan fingerprint density at radius 1 is 0.929 bits per heavy atom. The summed E-state index contributed by atoms with van der Waals surface area (Å²) in [5.41, 5.74) is 0. The highest BCUT2D eigenvalue weighted by atomic mass is 32.2. The Kier molecular flexibility index (Phi) is 11.1. The average molecular weight is 216 g/mol.